The van der Waals surface area contributed by atoms with Crippen LogP contribution in [0, 0.1) is 17.6 Å². The number of alkyl halides is 2. The molecule has 0 bridgehead atoms. The molecule has 2 N–H and O–H groups in total. The molecule has 3 rings (SSSR count). The first-order valence-electron chi connectivity index (χ1n) is 8.16. The number of amides is 2. The number of methoxy groups -OCH3 is 1. The third-order valence-corrected chi connectivity index (χ3v) is 5.15. The quantitative estimate of drug-likeness (QED) is 0.823. The van der Waals surface area contributed by atoms with Crippen LogP contribution in [-0.2, 0) is 19.9 Å². The first-order valence-corrected chi connectivity index (χ1v) is 8.16. The van der Waals surface area contributed by atoms with E-state index >= 15 is 0 Å². The Morgan fingerprint density at radius 2 is 2.08 bits per heavy atom. The average molecular weight is 374 g/mol. The molecule has 2 atom stereocenters. The summed E-state index contributed by atoms with van der Waals surface area (Å²) in [4.78, 5) is 25.3. The van der Waals surface area contributed by atoms with E-state index in [-0.39, 0.29) is 24.9 Å². The van der Waals surface area contributed by atoms with Crippen LogP contribution in [0.15, 0.2) is 12.1 Å². The second-order valence-corrected chi connectivity index (χ2v) is 6.70. The van der Waals surface area contributed by atoms with Crippen molar-refractivity contribution in [1.82, 2.24) is 0 Å². The van der Waals surface area contributed by atoms with E-state index in [1.54, 1.807) is 0 Å². The SMILES string of the molecule is CO[C@]1(C2CCCC(F)(F)C2)C(=O)N(CC(N)=O)c2ccc(F)c(F)c21. The van der Waals surface area contributed by atoms with E-state index < -0.39 is 59.4 Å². The largest absolute Gasteiger partial charge is 0.368 e. The minimum absolute atomic E-state index is 0.0940. The Morgan fingerprint density at radius 1 is 1.38 bits per heavy atom. The van der Waals surface area contributed by atoms with Crippen LogP contribution < -0.4 is 10.6 Å². The van der Waals surface area contributed by atoms with Crippen molar-refractivity contribution in [3.05, 3.63) is 29.3 Å². The lowest BCUT2D eigenvalue weighted by Crippen LogP contribution is -2.51. The Kier molecular flexibility index (Phi) is 4.46. The first kappa shape index (κ1) is 18.6. The lowest BCUT2D eigenvalue weighted by atomic mass is 9.72. The molecule has 0 radical (unpaired) electrons. The third-order valence-electron chi connectivity index (χ3n) is 5.15. The summed E-state index contributed by atoms with van der Waals surface area (Å²) >= 11 is 0. The smallest absolute Gasteiger partial charge is 0.264 e. The maximum absolute atomic E-state index is 14.7. The predicted molar refractivity (Wildman–Crippen MR) is 83.5 cm³/mol. The van der Waals surface area contributed by atoms with Crippen LogP contribution in [0.3, 0.4) is 0 Å². The van der Waals surface area contributed by atoms with E-state index in [0.29, 0.717) is 0 Å². The number of benzene rings is 1. The van der Waals surface area contributed by atoms with E-state index in [0.717, 1.165) is 24.1 Å². The standard InChI is InChI=1S/C17H18F4N2O3/c1-26-17(9-3-2-6-16(20,21)7-9)13-11(5-4-10(18)14(13)19)23(15(17)25)8-12(22)24/h4-5,9H,2-3,6-8H2,1H3,(H2,22,24)/t9?,17-/m0/s1. The van der Waals surface area contributed by atoms with Gasteiger partial charge in [0.1, 0.15) is 6.54 Å². The molecule has 1 heterocycles. The van der Waals surface area contributed by atoms with Crippen LogP contribution in [0.25, 0.3) is 0 Å². The number of ether oxygens (including phenoxy) is 1. The van der Waals surface area contributed by atoms with Crippen LogP contribution in [-0.4, -0.2) is 31.4 Å². The van der Waals surface area contributed by atoms with Gasteiger partial charge in [-0.15, -0.1) is 0 Å². The van der Waals surface area contributed by atoms with Crippen molar-refractivity contribution in [3.8, 4) is 0 Å². The number of anilines is 1. The Balaban J connectivity index is 2.21. The number of nitrogens with zero attached hydrogens (tertiary/aromatic N) is 1. The van der Waals surface area contributed by atoms with Gasteiger partial charge in [0.2, 0.25) is 11.8 Å². The van der Waals surface area contributed by atoms with Gasteiger partial charge in [-0.25, -0.2) is 17.6 Å². The topological polar surface area (TPSA) is 72.6 Å². The second-order valence-electron chi connectivity index (χ2n) is 6.70. The van der Waals surface area contributed by atoms with Gasteiger partial charge in [0.25, 0.3) is 5.91 Å². The van der Waals surface area contributed by atoms with E-state index in [9.17, 15) is 27.2 Å². The normalized spacial score (nSPS) is 27.5. The number of halogens is 4. The van der Waals surface area contributed by atoms with Crippen molar-refractivity contribution in [2.24, 2.45) is 11.7 Å². The molecule has 1 fully saturated rings. The Hall–Kier alpha value is -2.16. The number of fused-ring (bicyclic) bond motifs is 1. The molecule has 1 aliphatic heterocycles. The summed E-state index contributed by atoms with van der Waals surface area (Å²) in [5.74, 6) is -8.47. The van der Waals surface area contributed by atoms with Crippen molar-refractivity contribution in [2.75, 3.05) is 18.6 Å². The molecule has 1 saturated carbocycles. The van der Waals surface area contributed by atoms with Crippen molar-refractivity contribution in [2.45, 2.75) is 37.2 Å². The van der Waals surface area contributed by atoms with E-state index in [1.807, 2.05) is 0 Å². The molecule has 2 aliphatic rings. The minimum atomic E-state index is -3.05. The van der Waals surface area contributed by atoms with Crippen LogP contribution in [0.4, 0.5) is 23.2 Å². The van der Waals surface area contributed by atoms with Gasteiger partial charge in [-0.2, -0.15) is 0 Å². The van der Waals surface area contributed by atoms with Gasteiger partial charge >= 0.3 is 0 Å². The summed E-state index contributed by atoms with van der Waals surface area (Å²) in [7, 11) is 1.09. The van der Waals surface area contributed by atoms with Crippen molar-refractivity contribution in [1.29, 1.82) is 0 Å². The highest BCUT2D eigenvalue weighted by molar-refractivity contribution is 6.10. The molecule has 9 heteroatoms. The van der Waals surface area contributed by atoms with E-state index in [1.165, 1.54) is 0 Å². The van der Waals surface area contributed by atoms with Gasteiger partial charge in [-0.1, -0.05) is 0 Å². The van der Waals surface area contributed by atoms with E-state index in [2.05, 4.69) is 0 Å². The zero-order chi connectivity index (χ0) is 19.3. The molecule has 1 aromatic rings. The molecule has 0 saturated heterocycles. The summed E-state index contributed by atoms with van der Waals surface area (Å²) in [6.45, 7) is -0.592. The number of carbonyl (C=O) groups excluding carboxylic acids is 2. The Labute approximate surface area is 147 Å². The average Bonchev–Trinajstić information content (AvgIpc) is 2.79. The molecule has 0 aromatic heterocycles. The Morgan fingerprint density at radius 3 is 2.65 bits per heavy atom. The minimum Gasteiger partial charge on any atom is -0.368 e. The summed E-state index contributed by atoms with van der Waals surface area (Å²) in [6.07, 6.45) is -0.763. The lowest BCUT2D eigenvalue weighted by molar-refractivity contribution is -0.160. The summed E-state index contributed by atoms with van der Waals surface area (Å²) in [5.41, 5.74) is 2.48. The highest BCUT2D eigenvalue weighted by atomic mass is 19.3. The Bertz CT molecular complexity index is 771. The molecule has 1 unspecified atom stereocenters. The first-order chi connectivity index (χ1) is 12.1. The highest BCUT2D eigenvalue weighted by Gasteiger charge is 2.60. The maximum atomic E-state index is 14.7. The number of rotatable bonds is 4. The van der Waals surface area contributed by atoms with Gasteiger partial charge in [-0.05, 0) is 25.0 Å². The third kappa shape index (κ3) is 2.65. The van der Waals surface area contributed by atoms with Gasteiger partial charge < -0.3 is 10.5 Å². The predicted octanol–water partition coefficient (Wildman–Crippen LogP) is 2.46. The fraction of sp³-hybridized carbons (Fsp3) is 0.529. The van der Waals surface area contributed by atoms with Gasteiger partial charge in [-0.3, -0.25) is 14.5 Å². The zero-order valence-corrected chi connectivity index (χ0v) is 14.0. The summed E-state index contributed by atoms with van der Waals surface area (Å²) < 4.78 is 61.9. The van der Waals surface area contributed by atoms with Gasteiger partial charge in [0.05, 0.1) is 11.3 Å². The maximum Gasteiger partial charge on any atom is 0.264 e. The van der Waals surface area contributed by atoms with Gasteiger partial charge in [0, 0.05) is 25.9 Å². The molecule has 1 aromatic carbocycles. The number of carbonyl (C=O) groups is 2. The lowest BCUT2D eigenvalue weighted by Gasteiger charge is -2.40. The summed E-state index contributed by atoms with van der Waals surface area (Å²) in [5, 5.41) is 0. The molecular weight excluding hydrogens is 356 g/mol. The number of nitrogens with two attached hydrogens (primary N) is 1. The van der Waals surface area contributed by atoms with Crippen LogP contribution in [0.5, 0.6) is 0 Å². The van der Waals surface area contributed by atoms with Crippen LogP contribution >= 0.6 is 0 Å². The molecule has 1 aliphatic carbocycles. The van der Waals surface area contributed by atoms with Crippen molar-refractivity contribution in [3.63, 3.8) is 0 Å². The molecule has 5 nitrogen and oxygen atoms in total. The number of hydrogen-bond acceptors (Lipinski definition) is 3. The van der Waals surface area contributed by atoms with E-state index in [4.69, 9.17) is 10.5 Å². The second kappa shape index (κ2) is 6.22. The number of hydrogen-bond donors (Lipinski definition) is 1. The molecule has 142 valence electrons. The monoisotopic (exact) mass is 374 g/mol. The van der Waals surface area contributed by atoms with Crippen LogP contribution in [0.1, 0.15) is 31.2 Å². The van der Waals surface area contributed by atoms with Crippen molar-refractivity contribution >= 4 is 17.5 Å². The van der Waals surface area contributed by atoms with Crippen molar-refractivity contribution < 1.29 is 31.9 Å². The summed E-state index contributed by atoms with van der Waals surface area (Å²) in [6, 6.07) is 1.92. The van der Waals surface area contributed by atoms with Gasteiger partial charge in [0.15, 0.2) is 17.2 Å². The molecular formula is C17H18F4N2O3. The molecule has 2 amide bonds. The highest BCUT2D eigenvalue weighted by Crippen LogP contribution is 2.54. The number of primary amides is 1. The van der Waals surface area contributed by atoms with Crippen LogP contribution in [0.2, 0.25) is 0 Å². The molecule has 26 heavy (non-hydrogen) atoms. The zero-order valence-electron chi connectivity index (χ0n) is 14.0. The fourth-order valence-electron chi connectivity index (χ4n) is 4.10. The molecule has 0 spiro atoms. The fourth-order valence-corrected chi connectivity index (χ4v) is 4.10.